The number of imidazole rings is 1. The molecule has 0 aliphatic rings. The molecule has 0 aliphatic carbocycles. The summed E-state index contributed by atoms with van der Waals surface area (Å²) in [6.45, 7) is 17.0. The van der Waals surface area contributed by atoms with E-state index < -0.39 is 39.4 Å². The molecule has 32 heavy (non-hydrogen) atoms. The van der Waals surface area contributed by atoms with Gasteiger partial charge in [-0.15, -0.1) is 0 Å². The summed E-state index contributed by atoms with van der Waals surface area (Å²) in [4.78, 5) is 17.0. The summed E-state index contributed by atoms with van der Waals surface area (Å²) < 4.78 is 28.7. The molecule has 178 valence electrons. The molecular weight excluding hydrogens is 430 g/mol. The molecule has 0 aliphatic heterocycles. The van der Waals surface area contributed by atoms with Crippen molar-refractivity contribution in [2.75, 3.05) is 6.61 Å². The Morgan fingerprint density at radius 2 is 1.88 bits per heavy atom. The van der Waals surface area contributed by atoms with Gasteiger partial charge in [0.1, 0.15) is 21.7 Å². The zero-order valence-corrected chi connectivity index (χ0v) is 21.2. The highest BCUT2D eigenvalue weighted by molar-refractivity contribution is 7.91. The molecular formula is C22H35N5O4S. The molecule has 0 fully saturated rings. The first kappa shape index (κ1) is 26.1. The van der Waals surface area contributed by atoms with Gasteiger partial charge in [0, 0.05) is 5.56 Å². The van der Waals surface area contributed by atoms with Gasteiger partial charge >= 0.3 is 6.09 Å². The fraction of sp³-hybridized carbons (Fsp3) is 0.636. The number of carbonyl (C=O) groups excluding carboxylic acids is 1. The van der Waals surface area contributed by atoms with Crippen LogP contribution < -0.4 is 5.32 Å². The first-order valence-corrected chi connectivity index (χ1v) is 11.6. The normalized spacial score (nSPS) is 15.2. The maximum Gasteiger partial charge on any atom is 0.408 e. The number of ether oxygens (including phenoxy) is 2. The Morgan fingerprint density at radius 3 is 2.44 bits per heavy atom. The summed E-state index contributed by atoms with van der Waals surface area (Å²) in [5.41, 5.74) is 0.811. The van der Waals surface area contributed by atoms with Crippen LogP contribution in [0.5, 0.6) is 0 Å². The minimum Gasteiger partial charge on any atom is -0.591 e. The molecule has 10 heteroatoms. The minimum atomic E-state index is -1.36. The van der Waals surface area contributed by atoms with Crippen molar-refractivity contribution in [1.29, 1.82) is 0 Å². The summed E-state index contributed by atoms with van der Waals surface area (Å²) in [6.07, 6.45) is 4.32. The van der Waals surface area contributed by atoms with Crippen molar-refractivity contribution in [3.63, 3.8) is 0 Å². The number of hydrogen-bond acceptors (Lipinski definition) is 7. The van der Waals surface area contributed by atoms with Gasteiger partial charge in [-0.05, 0) is 68.4 Å². The molecule has 0 saturated heterocycles. The van der Waals surface area contributed by atoms with Crippen molar-refractivity contribution in [3.8, 4) is 0 Å². The second-order valence-electron chi connectivity index (χ2n) is 10.5. The molecule has 9 nitrogen and oxygen atoms in total. The van der Waals surface area contributed by atoms with Crippen LogP contribution in [0.15, 0.2) is 22.9 Å². The lowest BCUT2D eigenvalue weighted by atomic mass is 10.2. The molecule has 2 rings (SSSR count). The first-order valence-electron chi connectivity index (χ1n) is 10.5. The number of nitrogens with zero attached hydrogens (tertiary/aromatic N) is 4. The van der Waals surface area contributed by atoms with E-state index in [-0.39, 0.29) is 6.61 Å². The minimum absolute atomic E-state index is 0.214. The Hall–Kier alpha value is -2.17. The molecule has 2 aromatic heterocycles. The van der Waals surface area contributed by atoms with Gasteiger partial charge < -0.3 is 19.3 Å². The maximum atomic E-state index is 12.4. The molecule has 1 amide bonds. The number of nitrogens with one attached hydrogen (secondary N) is 1. The lowest BCUT2D eigenvalue weighted by Gasteiger charge is -2.26. The number of fused-ring (bicyclic) bond motifs is 1. The highest BCUT2D eigenvalue weighted by Crippen LogP contribution is 2.20. The van der Waals surface area contributed by atoms with Gasteiger partial charge in [0.25, 0.3) is 0 Å². The molecule has 0 saturated carbocycles. The van der Waals surface area contributed by atoms with Crippen molar-refractivity contribution < 1.29 is 18.8 Å². The number of hydrogen-bond donors (Lipinski definition) is 1. The van der Waals surface area contributed by atoms with E-state index >= 15 is 0 Å². The van der Waals surface area contributed by atoms with Gasteiger partial charge in [-0.2, -0.15) is 5.10 Å². The Morgan fingerprint density at radius 1 is 1.22 bits per heavy atom. The van der Waals surface area contributed by atoms with E-state index in [2.05, 4.69) is 19.8 Å². The Bertz CT molecular complexity index is 954. The van der Waals surface area contributed by atoms with Crippen LogP contribution in [0.1, 0.15) is 79.6 Å². The average Bonchev–Trinajstić information content (AvgIpc) is 3.03. The number of alkyl carbamates (subject to hydrolysis) is 1. The topological polar surface area (TPSA) is 113 Å². The highest BCUT2D eigenvalue weighted by atomic mass is 32.2. The van der Waals surface area contributed by atoms with E-state index in [9.17, 15) is 9.35 Å². The third-order valence-electron chi connectivity index (χ3n) is 3.91. The predicted molar refractivity (Wildman–Crippen MR) is 126 cm³/mol. The first-order chi connectivity index (χ1) is 14.5. The third kappa shape index (κ3) is 8.40. The summed E-state index contributed by atoms with van der Waals surface area (Å²) in [7, 11) is 0. The van der Waals surface area contributed by atoms with Crippen LogP contribution in [-0.2, 0) is 20.8 Å². The number of aromatic nitrogens is 3. The summed E-state index contributed by atoms with van der Waals surface area (Å²) in [5, 5.41) is 7.19. The quantitative estimate of drug-likeness (QED) is 0.510. The largest absolute Gasteiger partial charge is 0.591 e. The summed E-state index contributed by atoms with van der Waals surface area (Å²) in [6, 6.07) is 1.26. The molecule has 0 bridgehead atoms. The second kappa shape index (κ2) is 9.76. The zero-order valence-electron chi connectivity index (χ0n) is 20.4. The average molecular weight is 466 g/mol. The van der Waals surface area contributed by atoms with Crippen LogP contribution >= 0.6 is 0 Å². The van der Waals surface area contributed by atoms with E-state index in [0.29, 0.717) is 16.9 Å². The van der Waals surface area contributed by atoms with Gasteiger partial charge in [-0.1, -0.05) is 4.40 Å². The van der Waals surface area contributed by atoms with Crippen molar-refractivity contribution in [2.24, 2.45) is 4.40 Å². The fourth-order valence-electron chi connectivity index (χ4n) is 2.40. The van der Waals surface area contributed by atoms with E-state index in [1.54, 1.807) is 43.7 Å². The van der Waals surface area contributed by atoms with Gasteiger partial charge in [-0.3, -0.25) is 0 Å². The van der Waals surface area contributed by atoms with Crippen LogP contribution in [-0.4, -0.2) is 54.0 Å². The Labute approximate surface area is 193 Å². The van der Waals surface area contributed by atoms with Crippen molar-refractivity contribution in [3.05, 3.63) is 29.7 Å². The van der Waals surface area contributed by atoms with Crippen molar-refractivity contribution in [2.45, 2.75) is 84.3 Å². The Balaban J connectivity index is 2.28. The van der Waals surface area contributed by atoms with Crippen LogP contribution in [0.4, 0.5) is 4.79 Å². The predicted octanol–water partition coefficient (Wildman–Crippen LogP) is 3.99. The van der Waals surface area contributed by atoms with Crippen LogP contribution in [0, 0.1) is 0 Å². The lowest BCUT2D eigenvalue weighted by molar-refractivity contribution is -0.0179. The fourth-order valence-corrected chi connectivity index (χ4v) is 2.93. The molecule has 0 spiro atoms. The number of carbonyl (C=O) groups is 1. The van der Waals surface area contributed by atoms with Gasteiger partial charge in [0.05, 0.1) is 42.6 Å². The van der Waals surface area contributed by atoms with Gasteiger partial charge in [0.2, 0.25) is 0 Å². The summed E-state index contributed by atoms with van der Waals surface area (Å²) in [5.74, 6) is 0. The standard InChI is InChI=1S/C22H35N5O4S/c1-20(2,3)30-14-17(26-19(28)31-21(4,5)6)16-13-27-18(25-16)10-15(11-23-27)12-24-32(29)22(7,8)9/h10-13,17H,14H2,1-9H3,(H,26,28)/t17-,32?/m0/s1. The van der Waals surface area contributed by atoms with Gasteiger partial charge in [0.15, 0.2) is 5.65 Å². The molecule has 1 N–H and O–H groups in total. The molecule has 0 radical (unpaired) electrons. The maximum absolute atomic E-state index is 12.4. The van der Waals surface area contributed by atoms with E-state index in [4.69, 9.17) is 9.47 Å². The molecule has 0 aromatic carbocycles. The van der Waals surface area contributed by atoms with E-state index in [1.807, 2.05) is 41.5 Å². The smallest absolute Gasteiger partial charge is 0.408 e. The number of amides is 1. The molecule has 2 atom stereocenters. The third-order valence-corrected chi connectivity index (χ3v) is 5.26. The van der Waals surface area contributed by atoms with Crippen molar-refractivity contribution >= 4 is 29.3 Å². The zero-order chi connectivity index (χ0) is 24.3. The molecule has 2 heterocycles. The highest BCUT2D eigenvalue weighted by Gasteiger charge is 2.26. The monoisotopic (exact) mass is 465 g/mol. The lowest BCUT2D eigenvalue weighted by Crippen LogP contribution is -2.38. The SMILES string of the molecule is CC(C)(C)OC[C@H](NC(=O)OC(C)(C)C)c1cn2ncc(C=N[S+]([O-])C(C)(C)C)cc2n1. The van der Waals surface area contributed by atoms with Gasteiger partial charge in [-0.25, -0.2) is 14.3 Å². The molecule has 1 unspecified atom stereocenters. The van der Waals surface area contributed by atoms with Crippen LogP contribution in [0.3, 0.4) is 0 Å². The van der Waals surface area contributed by atoms with Crippen LogP contribution in [0.25, 0.3) is 5.65 Å². The molecule has 2 aromatic rings. The Kier molecular flexibility index (Phi) is 7.96. The number of rotatable bonds is 6. The van der Waals surface area contributed by atoms with Crippen LogP contribution in [0.2, 0.25) is 0 Å². The summed E-state index contributed by atoms with van der Waals surface area (Å²) >= 11 is -1.36. The van der Waals surface area contributed by atoms with Crippen molar-refractivity contribution in [1.82, 2.24) is 19.9 Å². The second-order valence-corrected chi connectivity index (χ2v) is 12.4. The van der Waals surface area contributed by atoms with E-state index in [1.165, 1.54) is 6.21 Å². The van der Waals surface area contributed by atoms with E-state index in [0.717, 1.165) is 0 Å².